The Morgan fingerprint density at radius 1 is 0.971 bits per heavy atom. The van der Waals surface area contributed by atoms with Crippen molar-refractivity contribution in [3.63, 3.8) is 0 Å². The van der Waals surface area contributed by atoms with Crippen LogP contribution in [0.5, 0.6) is 5.75 Å². The number of anilines is 1. The highest BCUT2D eigenvalue weighted by molar-refractivity contribution is 7.99. The topological polar surface area (TPSA) is 81.9 Å². The van der Waals surface area contributed by atoms with E-state index >= 15 is 0 Å². The largest absolute Gasteiger partial charge is 0.495 e. The van der Waals surface area contributed by atoms with E-state index in [2.05, 4.69) is 15.5 Å². The normalized spacial score (nSPS) is 10.9. The molecule has 2 heterocycles. The summed E-state index contributed by atoms with van der Waals surface area (Å²) in [6.07, 6.45) is 0. The van der Waals surface area contributed by atoms with Crippen LogP contribution >= 0.6 is 11.8 Å². The summed E-state index contributed by atoms with van der Waals surface area (Å²) in [6.45, 7) is 0. The van der Waals surface area contributed by atoms with Crippen LogP contribution in [0.3, 0.4) is 0 Å². The van der Waals surface area contributed by atoms with Gasteiger partial charge in [0.05, 0.1) is 29.8 Å². The summed E-state index contributed by atoms with van der Waals surface area (Å²) in [5, 5.41) is 13.4. The number of fused-ring (bicyclic) bond motifs is 1. The lowest BCUT2D eigenvalue weighted by atomic mass is 10.0. The predicted molar refractivity (Wildman–Crippen MR) is 140 cm³/mol. The molecule has 7 nitrogen and oxygen atoms in total. The van der Waals surface area contributed by atoms with Gasteiger partial charge in [-0.1, -0.05) is 72.4 Å². The zero-order valence-electron chi connectivity index (χ0n) is 19.3. The Balaban J connectivity index is 1.42. The molecule has 1 N–H and O–H groups in total. The number of carbonyl (C=O) groups excluding carboxylic acids is 1. The van der Waals surface area contributed by atoms with Crippen LogP contribution in [-0.2, 0) is 11.8 Å². The third-order valence-corrected chi connectivity index (χ3v) is 6.60. The highest BCUT2D eigenvalue weighted by Gasteiger charge is 2.17. The van der Waals surface area contributed by atoms with Gasteiger partial charge in [0.15, 0.2) is 11.0 Å². The molecule has 3 aromatic carbocycles. The van der Waals surface area contributed by atoms with Crippen molar-refractivity contribution in [2.75, 3.05) is 18.2 Å². The third kappa shape index (κ3) is 4.74. The van der Waals surface area contributed by atoms with E-state index in [-0.39, 0.29) is 11.7 Å². The zero-order chi connectivity index (χ0) is 24.2. The molecule has 0 saturated carbocycles. The molecule has 0 unspecified atom stereocenters. The molecular formula is C27H23N5O2S. The van der Waals surface area contributed by atoms with E-state index in [1.165, 1.54) is 11.8 Å². The van der Waals surface area contributed by atoms with Crippen LogP contribution in [0.4, 0.5) is 5.69 Å². The van der Waals surface area contributed by atoms with Crippen molar-refractivity contribution in [2.24, 2.45) is 7.05 Å². The second kappa shape index (κ2) is 9.99. The smallest absolute Gasteiger partial charge is 0.234 e. The minimum atomic E-state index is -0.148. The third-order valence-electron chi connectivity index (χ3n) is 5.57. The first kappa shape index (κ1) is 22.6. The van der Waals surface area contributed by atoms with Gasteiger partial charge in [0.1, 0.15) is 5.75 Å². The number of thioether (sulfide) groups is 1. The molecule has 0 bridgehead atoms. The summed E-state index contributed by atoms with van der Waals surface area (Å²) in [5.74, 6) is 1.37. The SMILES string of the molecule is COc1ccccc1NC(=O)CSc1nnc(-c2cc(-c3ccccc3)nc3ccccc23)n1C. The lowest BCUT2D eigenvalue weighted by Crippen LogP contribution is -2.15. The molecule has 0 atom stereocenters. The summed E-state index contributed by atoms with van der Waals surface area (Å²) < 4.78 is 7.22. The van der Waals surface area contributed by atoms with Crippen LogP contribution < -0.4 is 10.1 Å². The number of amides is 1. The van der Waals surface area contributed by atoms with Crippen molar-refractivity contribution in [1.82, 2.24) is 19.7 Å². The number of nitrogens with zero attached hydrogens (tertiary/aromatic N) is 4. The monoisotopic (exact) mass is 481 g/mol. The van der Waals surface area contributed by atoms with E-state index in [1.807, 2.05) is 84.4 Å². The maximum absolute atomic E-state index is 12.6. The standard InChI is InChI=1S/C27H23N5O2S/c1-32-26(30-31-27(32)35-17-25(33)29-22-14-8-9-15-24(22)34-2)20-16-23(18-10-4-3-5-11-18)28-21-13-7-6-12-19(20)21/h3-16H,17H2,1-2H3,(H,29,33). The Hall–Kier alpha value is -4.17. The lowest BCUT2D eigenvalue weighted by molar-refractivity contribution is -0.113. The number of rotatable bonds is 7. The Bertz CT molecular complexity index is 1500. The minimum Gasteiger partial charge on any atom is -0.495 e. The van der Waals surface area contributed by atoms with Crippen LogP contribution in [0.25, 0.3) is 33.5 Å². The van der Waals surface area contributed by atoms with Crippen LogP contribution in [0.1, 0.15) is 0 Å². The molecule has 5 aromatic rings. The Morgan fingerprint density at radius 2 is 1.71 bits per heavy atom. The molecule has 0 fully saturated rings. The van der Waals surface area contributed by atoms with Gasteiger partial charge in [-0.05, 0) is 24.3 Å². The molecule has 0 radical (unpaired) electrons. The Labute approximate surface area is 207 Å². The van der Waals surface area contributed by atoms with E-state index < -0.39 is 0 Å². The molecular weight excluding hydrogens is 458 g/mol. The van der Waals surface area contributed by atoms with Gasteiger partial charge in [-0.3, -0.25) is 4.79 Å². The van der Waals surface area contributed by atoms with Crippen molar-refractivity contribution in [1.29, 1.82) is 0 Å². The molecule has 0 aliphatic rings. The fourth-order valence-corrected chi connectivity index (χ4v) is 4.57. The maximum Gasteiger partial charge on any atom is 0.234 e. The molecule has 5 rings (SSSR count). The van der Waals surface area contributed by atoms with Gasteiger partial charge in [-0.25, -0.2) is 4.98 Å². The summed E-state index contributed by atoms with van der Waals surface area (Å²) in [4.78, 5) is 17.4. The first-order chi connectivity index (χ1) is 17.1. The van der Waals surface area contributed by atoms with Crippen molar-refractivity contribution >= 4 is 34.3 Å². The molecule has 174 valence electrons. The number of carbonyl (C=O) groups is 1. The van der Waals surface area contributed by atoms with Gasteiger partial charge < -0.3 is 14.6 Å². The molecule has 0 spiro atoms. The number of ether oxygens (including phenoxy) is 1. The molecule has 0 aliphatic heterocycles. The number of para-hydroxylation sites is 3. The number of benzene rings is 3. The van der Waals surface area contributed by atoms with E-state index in [1.54, 1.807) is 19.2 Å². The zero-order valence-corrected chi connectivity index (χ0v) is 20.1. The fourth-order valence-electron chi connectivity index (χ4n) is 3.86. The summed E-state index contributed by atoms with van der Waals surface area (Å²) >= 11 is 1.33. The van der Waals surface area contributed by atoms with Gasteiger partial charge in [0, 0.05) is 23.6 Å². The average Bonchev–Trinajstić information content (AvgIpc) is 3.27. The number of nitrogens with one attached hydrogen (secondary N) is 1. The average molecular weight is 482 g/mol. The predicted octanol–water partition coefficient (Wildman–Crippen LogP) is 5.44. The van der Waals surface area contributed by atoms with Gasteiger partial charge in [0.25, 0.3) is 0 Å². The minimum absolute atomic E-state index is 0.148. The molecule has 8 heteroatoms. The fraction of sp³-hybridized carbons (Fsp3) is 0.111. The maximum atomic E-state index is 12.6. The van der Waals surface area contributed by atoms with E-state index in [4.69, 9.17) is 9.72 Å². The highest BCUT2D eigenvalue weighted by Crippen LogP contribution is 2.32. The molecule has 2 aromatic heterocycles. The number of hydrogen-bond acceptors (Lipinski definition) is 6. The van der Waals surface area contributed by atoms with Crippen molar-refractivity contribution in [2.45, 2.75) is 5.16 Å². The second-order valence-electron chi connectivity index (χ2n) is 7.84. The molecule has 35 heavy (non-hydrogen) atoms. The van der Waals surface area contributed by atoms with Crippen molar-refractivity contribution in [3.05, 3.63) is 84.9 Å². The van der Waals surface area contributed by atoms with E-state index in [9.17, 15) is 4.79 Å². The van der Waals surface area contributed by atoms with Crippen LogP contribution in [-0.4, -0.2) is 38.5 Å². The number of methoxy groups -OCH3 is 1. The molecule has 0 saturated heterocycles. The number of hydrogen-bond donors (Lipinski definition) is 1. The van der Waals surface area contributed by atoms with Crippen LogP contribution in [0.2, 0.25) is 0 Å². The lowest BCUT2D eigenvalue weighted by Gasteiger charge is -2.11. The second-order valence-corrected chi connectivity index (χ2v) is 8.78. The van der Waals surface area contributed by atoms with Gasteiger partial charge >= 0.3 is 0 Å². The van der Waals surface area contributed by atoms with Gasteiger partial charge in [-0.15, -0.1) is 10.2 Å². The van der Waals surface area contributed by atoms with Crippen LogP contribution in [0, 0.1) is 0 Å². The van der Waals surface area contributed by atoms with E-state index in [0.717, 1.165) is 27.7 Å². The van der Waals surface area contributed by atoms with Crippen LogP contribution in [0.15, 0.2) is 90.1 Å². The van der Waals surface area contributed by atoms with Crippen molar-refractivity contribution in [3.8, 4) is 28.4 Å². The highest BCUT2D eigenvalue weighted by atomic mass is 32.2. The van der Waals surface area contributed by atoms with Gasteiger partial charge in [0.2, 0.25) is 5.91 Å². The summed E-state index contributed by atoms with van der Waals surface area (Å²) in [6, 6.07) is 27.4. The summed E-state index contributed by atoms with van der Waals surface area (Å²) in [5.41, 5.74) is 4.36. The molecule has 1 amide bonds. The van der Waals surface area contributed by atoms with E-state index in [0.29, 0.717) is 22.4 Å². The number of aromatic nitrogens is 4. The quantitative estimate of drug-likeness (QED) is 0.312. The Morgan fingerprint density at radius 3 is 2.54 bits per heavy atom. The van der Waals surface area contributed by atoms with Gasteiger partial charge in [-0.2, -0.15) is 0 Å². The molecule has 0 aliphatic carbocycles. The number of pyridine rings is 1. The Kier molecular flexibility index (Phi) is 6.45. The van der Waals surface area contributed by atoms with Crippen molar-refractivity contribution < 1.29 is 9.53 Å². The summed E-state index contributed by atoms with van der Waals surface area (Å²) in [7, 11) is 3.49. The first-order valence-corrected chi connectivity index (χ1v) is 12.0. The first-order valence-electron chi connectivity index (χ1n) is 11.0.